The summed E-state index contributed by atoms with van der Waals surface area (Å²) in [5.41, 5.74) is 5.33. The number of aliphatic imine (C=N–C) groups is 1. The summed E-state index contributed by atoms with van der Waals surface area (Å²) < 4.78 is 0. The molecule has 0 aliphatic carbocycles. The number of hydrogen-bond acceptors (Lipinski definition) is 3. The molecule has 0 atom stereocenters. The molecule has 0 aromatic heterocycles. The molecule has 3 nitrogen and oxygen atoms in total. The molecule has 1 rings (SSSR count). The van der Waals surface area contributed by atoms with E-state index in [9.17, 15) is 0 Å². The van der Waals surface area contributed by atoms with E-state index in [1.807, 2.05) is 7.05 Å². The number of nitrogens with two attached hydrogens (primary N) is 1. The zero-order valence-electron chi connectivity index (χ0n) is 4.39. The third kappa shape index (κ3) is 0.899. The number of hydrogen-bond donors (Lipinski definition) is 1. The predicted molar refractivity (Wildman–Crippen MR) is 29.1 cm³/mol. The van der Waals surface area contributed by atoms with Crippen LogP contribution in [0.2, 0.25) is 0 Å². The lowest BCUT2D eigenvalue weighted by Crippen LogP contribution is -2.22. The highest BCUT2D eigenvalue weighted by Gasteiger charge is 2.05. The highest BCUT2D eigenvalue weighted by atomic mass is 15.2. The van der Waals surface area contributed by atoms with Gasteiger partial charge >= 0.3 is 0 Å². The summed E-state index contributed by atoms with van der Waals surface area (Å²) in [7, 11) is 1.99. The van der Waals surface area contributed by atoms with Crippen molar-refractivity contribution in [2.24, 2.45) is 10.7 Å². The lowest BCUT2D eigenvalue weighted by atomic mass is 10.6. The van der Waals surface area contributed by atoms with Gasteiger partial charge in [-0.05, 0) is 7.05 Å². The molecule has 0 unspecified atom stereocenters. The second-order valence-electron chi connectivity index (χ2n) is 1.81. The summed E-state index contributed by atoms with van der Waals surface area (Å²) in [4.78, 5) is 5.99. The SMILES string of the molecule is CN1CN=C(N)C1. The maximum Gasteiger partial charge on any atom is 0.110 e. The van der Waals surface area contributed by atoms with Gasteiger partial charge in [0.1, 0.15) is 5.84 Å². The molecule has 0 bridgehead atoms. The molecule has 0 fully saturated rings. The molecule has 0 saturated heterocycles. The molecule has 0 amide bonds. The van der Waals surface area contributed by atoms with Crippen molar-refractivity contribution in [1.29, 1.82) is 0 Å². The topological polar surface area (TPSA) is 41.6 Å². The van der Waals surface area contributed by atoms with Crippen molar-refractivity contribution in [1.82, 2.24) is 4.90 Å². The van der Waals surface area contributed by atoms with Gasteiger partial charge in [0, 0.05) is 0 Å². The monoisotopic (exact) mass is 99.1 g/mol. The lowest BCUT2D eigenvalue weighted by Gasteiger charge is -2.00. The van der Waals surface area contributed by atoms with Crippen LogP contribution in [0.3, 0.4) is 0 Å². The van der Waals surface area contributed by atoms with Crippen molar-refractivity contribution in [3.05, 3.63) is 0 Å². The Bertz CT molecular complexity index is 97.1. The van der Waals surface area contributed by atoms with Gasteiger partial charge in [-0.2, -0.15) is 0 Å². The summed E-state index contributed by atoms with van der Waals surface area (Å²) in [5, 5.41) is 0. The Morgan fingerprint density at radius 1 is 1.86 bits per heavy atom. The van der Waals surface area contributed by atoms with Gasteiger partial charge in [0.15, 0.2) is 0 Å². The summed E-state index contributed by atoms with van der Waals surface area (Å²) in [6.45, 7) is 1.60. The highest BCUT2D eigenvalue weighted by Crippen LogP contribution is 1.90. The van der Waals surface area contributed by atoms with Crippen LogP contribution in [0.1, 0.15) is 0 Å². The first-order chi connectivity index (χ1) is 3.29. The molecular formula is C4H9N3. The summed E-state index contributed by atoms with van der Waals surface area (Å²) in [6, 6.07) is 0. The minimum absolute atomic E-state index is 0.752. The van der Waals surface area contributed by atoms with Crippen LogP contribution in [-0.4, -0.2) is 31.0 Å². The molecule has 40 valence electrons. The molecule has 1 heterocycles. The molecule has 7 heavy (non-hydrogen) atoms. The Morgan fingerprint density at radius 2 is 2.57 bits per heavy atom. The van der Waals surface area contributed by atoms with Crippen LogP contribution >= 0.6 is 0 Å². The molecule has 2 N–H and O–H groups in total. The summed E-state index contributed by atoms with van der Waals surface area (Å²) in [5.74, 6) is 0.752. The largest absolute Gasteiger partial charge is 0.386 e. The van der Waals surface area contributed by atoms with E-state index in [1.54, 1.807) is 0 Å². The van der Waals surface area contributed by atoms with E-state index in [4.69, 9.17) is 5.73 Å². The second kappa shape index (κ2) is 1.50. The van der Waals surface area contributed by atoms with Crippen LogP contribution in [-0.2, 0) is 0 Å². The minimum Gasteiger partial charge on any atom is -0.386 e. The molecule has 0 aromatic rings. The third-order valence-corrected chi connectivity index (χ3v) is 0.947. The van der Waals surface area contributed by atoms with Crippen LogP contribution in [0.4, 0.5) is 0 Å². The molecule has 1 aliphatic rings. The molecule has 1 aliphatic heterocycles. The zero-order valence-corrected chi connectivity index (χ0v) is 4.39. The van der Waals surface area contributed by atoms with Gasteiger partial charge in [0.05, 0.1) is 13.2 Å². The van der Waals surface area contributed by atoms with Crippen molar-refractivity contribution >= 4 is 5.84 Å². The van der Waals surface area contributed by atoms with Crippen LogP contribution in [0.5, 0.6) is 0 Å². The van der Waals surface area contributed by atoms with Gasteiger partial charge in [-0.15, -0.1) is 0 Å². The molecule has 0 aromatic carbocycles. The standard InChI is InChI=1S/C4H9N3/c1-7-2-4(5)6-3-7/h2-3H2,1H3,(H2,5,6). The quantitative estimate of drug-likeness (QED) is 0.434. The van der Waals surface area contributed by atoms with E-state index >= 15 is 0 Å². The maximum absolute atomic E-state index is 5.33. The first-order valence-corrected chi connectivity index (χ1v) is 2.26. The average molecular weight is 99.1 g/mol. The van der Waals surface area contributed by atoms with Crippen molar-refractivity contribution in [2.75, 3.05) is 20.3 Å². The number of nitrogens with zero attached hydrogens (tertiary/aromatic N) is 2. The van der Waals surface area contributed by atoms with Gasteiger partial charge in [0.2, 0.25) is 0 Å². The zero-order chi connectivity index (χ0) is 5.28. The number of likely N-dealkylation sites (N-methyl/N-ethyl adjacent to an activating group) is 1. The van der Waals surface area contributed by atoms with E-state index in [0.29, 0.717) is 0 Å². The van der Waals surface area contributed by atoms with Crippen molar-refractivity contribution in [3.63, 3.8) is 0 Å². The van der Waals surface area contributed by atoms with Gasteiger partial charge in [0.25, 0.3) is 0 Å². The fourth-order valence-electron chi connectivity index (χ4n) is 0.588. The number of amidine groups is 1. The van der Waals surface area contributed by atoms with E-state index < -0.39 is 0 Å². The fourth-order valence-corrected chi connectivity index (χ4v) is 0.588. The molecule has 0 saturated carbocycles. The van der Waals surface area contributed by atoms with Gasteiger partial charge in [-0.3, -0.25) is 9.89 Å². The first-order valence-electron chi connectivity index (χ1n) is 2.26. The van der Waals surface area contributed by atoms with Crippen molar-refractivity contribution in [3.8, 4) is 0 Å². The molecular weight excluding hydrogens is 90.1 g/mol. The van der Waals surface area contributed by atoms with Crippen LogP contribution in [0, 0.1) is 0 Å². The van der Waals surface area contributed by atoms with Crippen LogP contribution in [0.25, 0.3) is 0 Å². The predicted octanol–water partition coefficient (Wildman–Crippen LogP) is -0.754. The van der Waals surface area contributed by atoms with Crippen LogP contribution in [0.15, 0.2) is 4.99 Å². The summed E-state index contributed by atoms with van der Waals surface area (Å²) in [6.07, 6.45) is 0. The van der Waals surface area contributed by atoms with E-state index in [1.165, 1.54) is 0 Å². The van der Waals surface area contributed by atoms with E-state index in [0.717, 1.165) is 19.0 Å². The lowest BCUT2D eigenvalue weighted by molar-refractivity contribution is 0.421. The second-order valence-corrected chi connectivity index (χ2v) is 1.81. The van der Waals surface area contributed by atoms with Gasteiger partial charge < -0.3 is 5.73 Å². The highest BCUT2D eigenvalue weighted by molar-refractivity contribution is 5.83. The molecule has 3 heteroatoms. The number of rotatable bonds is 0. The molecule has 0 spiro atoms. The summed E-state index contributed by atoms with van der Waals surface area (Å²) >= 11 is 0. The van der Waals surface area contributed by atoms with Crippen molar-refractivity contribution in [2.45, 2.75) is 0 Å². The minimum atomic E-state index is 0.752. The smallest absolute Gasteiger partial charge is 0.110 e. The van der Waals surface area contributed by atoms with Crippen LogP contribution < -0.4 is 5.73 Å². The Morgan fingerprint density at radius 3 is 2.71 bits per heavy atom. The first kappa shape index (κ1) is 4.59. The van der Waals surface area contributed by atoms with Crippen molar-refractivity contribution < 1.29 is 0 Å². The Balaban J connectivity index is 2.42. The Kier molecular flexibility index (Phi) is 0.982. The molecule has 0 radical (unpaired) electrons. The normalized spacial score (nSPS) is 22.7. The Labute approximate surface area is 42.8 Å². The van der Waals surface area contributed by atoms with Gasteiger partial charge in [-0.25, -0.2) is 0 Å². The van der Waals surface area contributed by atoms with E-state index in [-0.39, 0.29) is 0 Å². The van der Waals surface area contributed by atoms with Gasteiger partial charge in [-0.1, -0.05) is 0 Å². The van der Waals surface area contributed by atoms with E-state index in [2.05, 4.69) is 9.89 Å². The third-order valence-electron chi connectivity index (χ3n) is 0.947. The fraction of sp³-hybridized carbons (Fsp3) is 0.750. The average Bonchev–Trinajstić information content (AvgIpc) is 1.87. The Hall–Kier alpha value is -0.570. The maximum atomic E-state index is 5.33.